The fraction of sp³-hybridized carbons (Fsp3) is 0.118. The molecule has 0 aliphatic carbocycles. The lowest BCUT2D eigenvalue weighted by Crippen LogP contribution is -2.26. The summed E-state index contributed by atoms with van der Waals surface area (Å²) in [6, 6.07) is 11.5. The topological polar surface area (TPSA) is 104 Å². The molecule has 26 heavy (non-hydrogen) atoms. The Balaban J connectivity index is 1.63. The van der Waals surface area contributed by atoms with E-state index < -0.39 is 11.2 Å². The van der Waals surface area contributed by atoms with E-state index in [1.165, 1.54) is 0 Å². The van der Waals surface area contributed by atoms with E-state index in [9.17, 15) is 9.59 Å². The molecule has 1 aromatic carbocycles. The second-order valence-electron chi connectivity index (χ2n) is 5.33. The Kier molecular flexibility index (Phi) is 5.79. The normalized spacial score (nSPS) is 18.4. The van der Waals surface area contributed by atoms with E-state index in [1.54, 1.807) is 12.4 Å². The van der Waals surface area contributed by atoms with Crippen LogP contribution >= 0.6 is 27.7 Å². The van der Waals surface area contributed by atoms with Gasteiger partial charge in [-0.2, -0.15) is 5.10 Å². The molecule has 0 bridgehead atoms. The standard InChI is InChI=1S/C17H13BrN4O3S/c18-12-5-6-13(19-9-12)11-3-1-10(2-4-11)8-20-22-17-21-16(25)14(26-17)7-15(23)24/h1-6,8-9,14H,7H2,(H,23,24)(H,21,22,25). The third-order valence-corrected chi connectivity index (χ3v) is 4.97. The first kappa shape index (κ1) is 18.3. The maximum Gasteiger partial charge on any atom is 0.305 e. The van der Waals surface area contributed by atoms with E-state index >= 15 is 0 Å². The molecule has 1 fully saturated rings. The van der Waals surface area contributed by atoms with Crippen molar-refractivity contribution in [3.05, 3.63) is 52.6 Å². The average molecular weight is 433 g/mol. The van der Waals surface area contributed by atoms with Crippen molar-refractivity contribution in [2.24, 2.45) is 10.2 Å². The Labute approximate surface area is 161 Å². The number of amides is 1. The molecule has 132 valence electrons. The molecule has 2 heterocycles. The maximum absolute atomic E-state index is 11.6. The van der Waals surface area contributed by atoms with Crippen LogP contribution in [0, 0.1) is 0 Å². The van der Waals surface area contributed by atoms with Crippen molar-refractivity contribution in [1.82, 2.24) is 10.3 Å². The highest BCUT2D eigenvalue weighted by molar-refractivity contribution is 9.10. The molecule has 7 nitrogen and oxygen atoms in total. The lowest BCUT2D eigenvalue weighted by Gasteiger charge is -2.01. The molecule has 2 aromatic rings. The third kappa shape index (κ3) is 4.77. The van der Waals surface area contributed by atoms with E-state index in [0.717, 1.165) is 33.1 Å². The van der Waals surface area contributed by atoms with Gasteiger partial charge in [0.05, 0.1) is 18.3 Å². The number of carboxylic acids is 1. The SMILES string of the molecule is O=C(O)CC1SC(=NN=Cc2ccc(-c3ccc(Br)cn3)cc2)NC1=O. The first-order chi connectivity index (χ1) is 12.5. The molecule has 0 spiro atoms. The second-order valence-corrected chi connectivity index (χ2v) is 7.43. The zero-order valence-electron chi connectivity index (χ0n) is 13.3. The van der Waals surface area contributed by atoms with Gasteiger partial charge in [0.15, 0.2) is 5.17 Å². The van der Waals surface area contributed by atoms with Gasteiger partial charge >= 0.3 is 5.97 Å². The zero-order valence-corrected chi connectivity index (χ0v) is 15.7. The van der Waals surface area contributed by atoms with Crippen molar-refractivity contribution >= 4 is 51.0 Å². The number of aliphatic carboxylic acids is 1. The fourth-order valence-electron chi connectivity index (χ4n) is 2.18. The number of aromatic nitrogens is 1. The van der Waals surface area contributed by atoms with Crippen molar-refractivity contribution in [3.8, 4) is 11.3 Å². The highest BCUT2D eigenvalue weighted by Crippen LogP contribution is 2.22. The van der Waals surface area contributed by atoms with Crippen LogP contribution in [-0.2, 0) is 9.59 Å². The molecular formula is C17H13BrN4O3S. The number of nitrogens with one attached hydrogen (secondary N) is 1. The second kappa shape index (κ2) is 8.24. The summed E-state index contributed by atoms with van der Waals surface area (Å²) in [4.78, 5) is 26.6. The number of nitrogens with zero attached hydrogens (tertiary/aromatic N) is 3. The number of benzene rings is 1. The molecule has 0 radical (unpaired) electrons. The number of rotatable bonds is 5. The van der Waals surface area contributed by atoms with Crippen molar-refractivity contribution in [2.75, 3.05) is 0 Å². The summed E-state index contributed by atoms with van der Waals surface area (Å²) < 4.78 is 0.923. The van der Waals surface area contributed by atoms with Gasteiger partial charge < -0.3 is 10.4 Å². The number of pyridine rings is 1. The van der Waals surface area contributed by atoms with Gasteiger partial charge in [0.2, 0.25) is 5.91 Å². The number of hydrogen-bond acceptors (Lipinski definition) is 6. The molecule has 9 heteroatoms. The molecular weight excluding hydrogens is 420 g/mol. The van der Waals surface area contributed by atoms with E-state index in [-0.39, 0.29) is 12.3 Å². The summed E-state index contributed by atoms with van der Waals surface area (Å²) in [5, 5.41) is 18.8. The van der Waals surface area contributed by atoms with Crippen LogP contribution in [0.2, 0.25) is 0 Å². The number of thioether (sulfide) groups is 1. The van der Waals surface area contributed by atoms with Crippen LogP contribution in [0.1, 0.15) is 12.0 Å². The zero-order chi connectivity index (χ0) is 18.5. The van der Waals surface area contributed by atoms with Gasteiger partial charge in [-0.25, -0.2) is 0 Å². The molecule has 1 aliphatic heterocycles. The van der Waals surface area contributed by atoms with Crippen molar-refractivity contribution in [2.45, 2.75) is 11.7 Å². The van der Waals surface area contributed by atoms with Gasteiger partial charge in [-0.1, -0.05) is 36.0 Å². The van der Waals surface area contributed by atoms with Gasteiger partial charge in [-0.3, -0.25) is 14.6 Å². The number of carbonyl (C=O) groups excluding carboxylic acids is 1. The first-order valence-electron chi connectivity index (χ1n) is 7.53. The molecule has 0 saturated carbocycles. The average Bonchev–Trinajstić information content (AvgIpc) is 2.95. The molecule has 1 atom stereocenters. The van der Waals surface area contributed by atoms with Crippen LogP contribution in [0.5, 0.6) is 0 Å². The third-order valence-electron chi connectivity index (χ3n) is 3.43. The quantitative estimate of drug-likeness (QED) is 0.558. The maximum atomic E-state index is 11.6. The van der Waals surface area contributed by atoms with Crippen molar-refractivity contribution < 1.29 is 14.7 Å². The number of halogens is 1. The summed E-state index contributed by atoms with van der Waals surface area (Å²) in [5.41, 5.74) is 2.69. The molecule has 1 unspecified atom stereocenters. The Morgan fingerprint density at radius 3 is 2.73 bits per heavy atom. The Hall–Kier alpha value is -2.52. The minimum atomic E-state index is -1.03. The van der Waals surface area contributed by atoms with Crippen molar-refractivity contribution in [1.29, 1.82) is 0 Å². The van der Waals surface area contributed by atoms with E-state index in [4.69, 9.17) is 5.11 Å². The van der Waals surface area contributed by atoms with Gasteiger partial charge in [0, 0.05) is 16.2 Å². The Bertz CT molecular complexity index is 882. The smallest absolute Gasteiger partial charge is 0.305 e. The van der Waals surface area contributed by atoms with Crippen LogP contribution in [0.3, 0.4) is 0 Å². The lowest BCUT2D eigenvalue weighted by molar-refractivity contribution is -0.138. The Morgan fingerprint density at radius 1 is 1.31 bits per heavy atom. The van der Waals surface area contributed by atoms with E-state index in [2.05, 4.69) is 36.4 Å². The van der Waals surface area contributed by atoms with E-state index in [0.29, 0.717) is 5.17 Å². The van der Waals surface area contributed by atoms with E-state index in [1.807, 2.05) is 36.4 Å². The first-order valence-corrected chi connectivity index (χ1v) is 9.21. The highest BCUT2D eigenvalue weighted by Gasteiger charge is 2.32. The molecule has 1 amide bonds. The van der Waals surface area contributed by atoms with Crippen LogP contribution in [0.15, 0.2) is 57.3 Å². The lowest BCUT2D eigenvalue weighted by atomic mass is 10.1. The van der Waals surface area contributed by atoms with Gasteiger partial charge in [-0.15, -0.1) is 5.10 Å². The predicted molar refractivity (Wildman–Crippen MR) is 104 cm³/mol. The summed E-state index contributed by atoms with van der Waals surface area (Å²) in [6.45, 7) is 0. The summed E-state index contributed by atoms with van der Waals surface area (Å²) >= 11 is 4.42. The Morgan fingerprint density at radius 2 is 2.08 bits per heavy atom. The molecule has 3 rings (SSSR count). The minimum Gasteiger partial charge on any atom is -0.481 e. The summed E-state index contributed by atoms with van der Waals surface area (Å²) in [6.07, 6.45) is 3.06. The monoisotopic (exact) mass is 432 g/mol. The molecule has 1 aliphatic rings. The van der Waals surface area contributed by atoms with Crippen LogP contribution in [0.4, 0.5) is 0 Å². The minimum absolute atomic E-state index is 0.245. The predicted octanol–water partition coefficient (Wildman–Crippen LogP) is 2.91. The largest absolute Gasteiger partial charge is 0.481 e. The number of hydrogen-bond donors (Lipinski definition) is 2. The number of carbonyl (C=O) groups is 2. The summed E-state index contributed by atoms with van der Waals surface area (Å²) in [5.74, 6) is -1.39. The molecule has 2 N–H and O–H groups in total. The fourth-order valence-corrected chi connectivity index (χ4v) is 3.33. The number of carboxylic acid groups (broad SMARTS) is 1. The molecule has 1 saturated heterocycles. The van der Waals surface area contributed by atoms with Gasteiger partial charge in [0.1, 0.15) is 5.25 Å². The molecule has 1 aromatic heterocycles. The van der Waals surface area contributed by atoms with Crippen LogP contribution in [-0.4, -0.2) is 38.6 Å². The van der Waals surface area contributed by atoms with Crippen LogP contribution < -0.4 is 5.32 Å². The summed E-state index contributed by atoms with van der Waals surface area (Å²) in [7, 11) is 0. The van der Waals surface area contributed by atoms with Gasteiger partial charge in [-0.05, 0) is 33.6 Å². The highest BCUT2D eigenvalue weighted by atomic mass is 79.9. The van der Waals surface area contributed by atoms with Gasteiger partial charge in [0.25, 0.3) is 0 Å². The van der Waals surface area contributed by atoms with Crippen LogP contribution in [0.25, 0.3) is 11.3 Å². The van der Waals surface area contributed by atoms with Crippen molar-refractivity contribution in [3.63, 3.8) is 0 Å². The number of amidine groups is 1.